The largest absolute Gasteiger partial charge is 0.485 e. The van der Waals surface area contributed by atoms with Crippen LogP contribution in [0.3, 0.4) is 0 Å². The first-order valence-corrected chi connectivity index (χ1v) is 9.29. The summed E-state index contributed by atoms with van der Waals surface area (Å²) in [6.45, 7) is 0.461. The number of aliphatic carboxylic acids is 1. The lowest BCUT2D eigenvalue weighted by Crippen LogP contribution is -2.24. The van der Waals surface area contributed by atoms with Gasteiger partial charge in [0.1, 0.15) is 12.4 Å². The van der Waals surface area contributed by atoms with Crippen molar-refractivity contribution in [2.75, 3.05) is 13.2 Å². The fourth-order valence-electron chi connectivity index (χ4n) is 3.39. The van der Waals surface area contributed by atoms with Gasteiger partial charge >= 0.3 is 5.97 Å². The molecule has 0 fully saturated rings. The number of carbonyl (C=O) groups is 1. The van der Waals surface area contributed by atoms with Crippen molar-refractivity contribution in [3.63, 3.8) is 0 Å². The molecule has 2 aromatic carbocycles. The fourth-order valence-corrected chi connectivity index (χ4v) is 3.55. The predicted octanol–water partition coefficient (Wildman–Crippen LogP) is 4.64. The molecule has 5 nitrogen and oxygen atoms in total. The molecule has 0 aliphatic carbocycles. The average Bonchev–Trinajstić information content (AvgIpc) is 2.67. The number of halogens is 2. The van der Waals surface area contributed by atoms with Crippen LogP contribution >= 0.6 is 11.6 Å². The van der Waals surface area contributed by atoms with Crippen LogP contribution < -0.4 is 9.47 Å². The van der Waals surface area contributed by atoms with E-state index in [1.165, 1.54) is 6.07 Å². The van der Waals surface area contributed by atoms with Crippen molar-refractivity contribution in [3.05, 3.63) is 64.4 Å². The molecule has 2 unspecified atom stereocenters. The number of benzene rings is 2. The zero-order valence-corrected chi connectivity index (χ0v) is 15.6. The van der Waals surface area contributed by atoms with Crippen LogP contribution in [0.2, 0.25) is 5.02 Å². The minimum atomic E-state index is -0.886. The number of hydrogen-bond acceptors (Lipinski definition) is 4. The van der Waals surface area contributed by atoms with Gasteiger partial charge in [-0.25, -0.2) is 4.39 Å². The second-order valence-corrected chi connectivity index (χ2v) is 7.15. The number of fused-ring (bicyclic) bond motifs is 1. The number of rotatable bonds is 4. The van der Waals surface area contributed by atoms with Gasteiger partial charge in [0.2, 0.25) is 0 Å². The zero-order chi connectivity index (χ0) is 19.7. The van der Waals surface area contributed by atoms with E-state index in [1.807, 2.05) is 18.2 Å². The summed E-state index contributed by atoms with van der Waals surface area (Å²) in [6.07, 6.45) is 1.49. The van der Waals surface area contributed by atoms with E-state index < -0.39 is 17.9 Å². The molecule has 28 heavy (non-hydrogen) atoms. The third kappa shape index (κ3) is 3.84. The van der Waals surface area contributed by atoms with Gasteiger partial charge in [-0.1, -0.05) is 35.9 Å². The van der Waals surface area contributed by atoms with E-state index in [9.17, 15) is 9.18 Å². The molecule has 7 heteroatoms. The lowest BCUT2D eigenvalue weighted by molar-refractivity contribution is -0.140. The van der Waals surface area contributed by atoms with E-state index in [-0.39, 0.29) is 25.7 Å². The molecular weight excluding hydrogens is 387 g/mol. The van der Waals surface area contributed by atoms with Crippen LogP contribution in [-0.4, -0.2) is 30.4 Å². The Bertz CT molecular complexity index is 942. The van der Waals surface area contributed by atoms with Crippen LogP contribution in [0.5, 0.6) is 11.5 Å². The summed E-state index contributed by atoms with van der Waals surface area (Å²) in [5, 5.41) is 9.23. The van der Waals surface area contributed by atoms with E-state index in [4.69, 9.17) is 30.9 Å². The highest BCUT2D eigenvalue weighted by Crippen LogP contribution is 2.43. The molecule has 2 aliphatic rings. The summed E-state index contributed by atoms with van der Waals surface area (Å²) in [7, 11) is 0. The average molecular weight is 405 g/mol. The molecule has 2 aliphatic heterocycles. The van der Waals surface area contributed by atoms with Gasteiger partial charge in [0.25, 0.3) is 0 Å². The summed E-state index contributed by atoms with van der Waals surface area (Å²) in [4.78, 5) is 10.9. The number of hydrogen-bond donors (Lipinski definition) is 1. The zero-order valence-electron chi connectivity index (χ0n) is 14.9. The number of carboxylic acid groups (broad SMARTS) is 1. The summed E-state index contributed by atoms with van der Waals surface area (Å²) < 4.78 is 31.9. The van der Waals surface area contributed by atoms with Crippen LogP contribution in [0.1, 0.15) is 30.1 Å². The van der Waals surface area contributed by atoms with E-state index >= 15 is 0 Å². The van der Waals surface area contributed by atoms with Crippen molar-refractivity contribution in [1.82, 2.24) is 0 Å². The second kappa shape index (κ2) is 7.81. The first kappa shape index (κ1) is 18.8. The molecule has 0 amide bonds. The van der Waals surface area contributed by atoms with Crippen molar-refractivity contribution in [2.24, 2.45) is 0 Å². The van der Waals surface area contributed by atoms with Gasteiger partial charge in [-0.15, -0.1) is 0 Å². The van der Waals surface area contributed by atoms with Crippen LogP contribution in [0.15, 0.2) is 42.5 Å². The third-order valence-electron chi connectivity index (χ3n) is 4.79. The summed E-state index contributed by atoms with van der Waals surface area (Å²) in [5.74, 6) is -0.224. The molecule has 146 valence electrons. The molecule has 1 N–H and O–H groups in total. The number of ether oxygens (including phenoxy) is 3. The first-order chi connectivity index (χ1) is 13.5. The van der Waals surface area contributed by atoms with Crippen molar-refractivity contribution in [3.8, 4) is 11.5 Å². The normalized spacial score (nSPS) is 21.1. The van der Waals surface area contributed by atoms with E-state index in [0.717, 1.165) is 11.1 Å². The van der Waals surface area contributed by atoms with Crippen LogP contribution in [0.4, 0.5) is 4.39 Å². The molecule has 0 radical (unpaired) electrons. The Morgan fingerprint density at radius 1 is 1.29 bits per heavy atom. The lowest BCUT2D eigenvalue weighted by Gasteiger charge is -2.30. The Hall–Kier alpha value is -2.57. The van der Waals surface area contributed by atoms with Crippen molar-refractivity contribution in [2.45, 2.75) is 25.0 Å². The maximum absolute atomic E-state index is 14.3. The summed E-state index contributed by atoms with van der Waals surface area (Å²) >= 11 is 5.84. The first-order valence-electron chi connectivity index (χ1n) is 8.91. The molecular formula is C21H18ClFO5. The van der Waals surface area contributed by atoms with E-state index in [0.29, 0.717) is 28.5 Å². The monoisotopic (exact) mass is 404 g/mol. The smallest absolute Gasteiger partial charge is 0.305 e. The topological polar surface area (TPSA) is 65.0 Å². The maximum atomic E-state index is 14.3. The lowest BCUT2D eigenvalue weighted by atomic mass is 9.99. The van der Waals surface area contributed by atoms with E-state index in [2.05, 4.69) is 0 Å². The van der Waals surface area contributed by atoms with Crippen molar-refractivity contribution < 1.29 is 28.5 Å². The third-order valence-corrected chi connectivity index (χ3v) is 5.02. The predicted molar refractivity (Wildman–Crippen MR) is 101 cm³/mol. The van der Waals surface area contributed by atoms with Crippen molar-refractivity contribution >= 4 is 23.1 Å². The SMILES string of the molecule is O=C(O)CC1CC=C(c2cccc3c2OC(c2ccc(Cl)cc2F)CO3)CO1. The molecule has 0 spiro atoms. The van der Waals surface area contributed by atoms with Gasteiger partial charge in [0.15, 0.2) is 17.6 Å². The van der Waals surface area contributed by atoms with Crippen LogP contribution in [-0.2, 0) is 9.53 Å². The molecule has 0 aromatic heterocycles. The fraction of sp³-hybridized carbons (Fsp3) is 0.286. The Kier molecular flexibility index (Phi) is 5.24. The second-order valence-electron chi connectivity index (χ2n) is 6.71. The molecule has 2 aromatic rings. The molecule has 0 saturated carbocycles. The Balaban J connectivity index is 1.60. The van der Waals surface area contributed by atoms with Crippen molar-refractivity contribution in [1.29, 1.82) is 0 Å². The summed E-state index contributed by atoms with van der Waals surface area (Å²) in [6, 6.07) is 10.00. The quantitative estimate of drug-likeness (QED) is 0.804. The highest BCUT2D eigenvalue weighted by atomic mass is 35.5. The Labute approximate surface area is 166 Å². The molecule has 0 bridgehead atoms. The molecule has 2 atom stereocenters. The minimum absolute atomic E-state index is 0.0335. The molecule has 4 rings (SSSR count). The summed E-state index contributed by atoms with van der Waals surface area (Å²) in [5.41, 5.74) is 2.06. The highest BCUT2D eigenvalue weighted by Gasteiger charge is 2.29. The Morgan fingerprint density at radius 2 is 2.14 bits per heavy atom. The van der Waals surface area contributed by atoms with Gasteiger partial charge in [0, 0.05) is 16.1 Å². The van der Waals surface area contributed by atoms with Gasteiger partial charge in [0.05, 0.1) is 19.1 Å². The maximum Gasteiger partial charge on any atom is 0.305 e. The van der Waals surface area contributed by atoms with Crippen LogP contribution in [0.25, 0.3) is 5.57 Å². The Morgan fingerprint density at radius 3 is 2.86 bits per heavy atom. The van der Waals surface area contributed by atoms with E-state index in [1.54, 1.807) is 18.2 Å². The number of para-hydroxylation sites is 1. The highest BCUT2D eigenvalue weighted by molar-refractivity contribution is 6.30. The van der Waals surface area contributed by atoms with Gasteiger partial charge in [-0.2, -0.15) is 0 Å². The number of carboxylic acids is 1. The minimum Gasteiger partial charge on any atom is -0.485 e. The van der Waals surface area contributed by atoms with Gasteiger partial charge in [-0.3, -0.25) is 4.79 Å². The van der Waals surface area contributed by atoms with Crippen LogP contribution in [0, 0.1) is 5.82 Å². The van der Waals surface area contributed by atoms with Gasteiger partial charge < -0.3 is 19.3 Å². The van der Waals surface area contributed by atoms with Gasteiger partial charge in [-0.05, 0) is 30.2 Å². The molecule has 0 saturated heterocycles. The molecule has 2 heterocycles. The standard InChI is InChI=1S/C21H18ClFO5/c22-13-5-7-16(17(23)8-13)19-11-27-18-3-1-2-15(21(18)28-19)12-4-6-14(26-10-12)9-20(24)25/h1-5,7-8,14,19H,6,9-11H2,(H,24,25).